The Morgan fingerprint density at radius 2 is 1.93 bits per heavy atom. The molecule has 6 heteroatoms. The van der Waals surface area contributed by atoms with Gasteiger partial charge in [0.15, 0.2) is 14.7 Å². The lowest BCUT2D eigenvalue weighted by Gasteiger charge is -2.07. The molecule has 0 aromatic carbocycles. The van der Waals surface area contributed by atoms with Gasteiger partial charge in [0, 0.05) is 19.0 Å². The molecule has 0 unspecified atom stereocenters. The van der Waals surface area contributed by atoms with E-state index in [0.717, 1.165) is 6.26 Å². The average molecular weight is 236 g/mol. The molecular formula is C8H10ClNO3S. The molecule has 0 bridgehead atoms. The number of rotatable bonds is 1. The largest absolute Gasteiger partial charge is 0.315 e. The van der Waals surface area contributed by atoms with Gasteiger partial charge in [-0.1, -0.05) is 11.6 Å². The summed E-state index contributed by atoms with van der Waals surface area (Å²) >= 11 is 5.70. The smallest absolute Gasteiger partial charge is 0.270 e. The minimum atomic E-state index is -3.57. The molecule has 0 N–H and O–H groups in total. The van der Waals surface area contributed by atoms with Gasteiger partial charge in [-0.3, -0.25) is 4.79 Å². The first-order valence-corrected chi connectivity index (χ1v) is 6.08. The number of halogens is 1. The van der Waals surface area contributed by atoms with Crippen molar-refractivity contribution >= 4 is 21.4 Å². The van der Waals surface area contributed by atoms with Crippen LogP contribution in [0.15, 0.2) is 15.8 Å². The Balaban J connectivity index is 3.80. The fourth-order valence-corrected chi connectivity index (χ4v) is 2.62. The maximum Gasteiger partial charge on any atom is 0.270 e. The van der Waals surface area contributed by atoms with E-state index in [-0.39, 0.29) is 9.92 Å². The fraction of sp³-hybridized carbons (Fsp3) is 0.375. The van der Waals surface area contributed by atoms with E-state index in [2.05, 4.69) is 0 Å². The van der Waals surface area contributed by atoms with Crippen LogP contribution in [0.4, 0.5) is 0 Å². The summed E-state index contributed by atoms with van der Waals surface area (Å²) in [4.78, 5) is 11.2. The van der Waals surface area contributed by atoms with E-state index in [0.29, 0.717) is 5.69 Å². The molecule has 1 rings (SSSR count). The first-order valence-electron chi connectivity index (χ1n) is 3.81. The average Bonchev–Trinajstić information content (AvgIpc) is 1.97. The number of pyridine rings is 1. The highest BCUT2D eigenvalue weighted by atomic mass is 35.5. The summed E-state index contributed by atoms with van der Waals surface area (Å²) in [5, 5.41) is -0.0203. The van der Waals surface area contributed by atoms with Crippen LogP contribution in [0.1, 0.15) is 5.69 Å². The van der Waals surface area contributed by atoms with Gasteiger partial charge in [0.2, 0.25) is 0 Å². The second kappa shape index (κ2) is 3.40. The van der Waals surface area contributed by atoms with Gasteiger partial charge in [0.25, 0.3) is 5.56 Å². The third kappa shape index (κ3) is 1.83. The second-order valence-electron chi connectivity index (χ2n) is 3.10. The molecular weight excluding hydrogens is 226 g/mol. The van der Waals surface area contributed by atoms with Crippen molar-refractivity contribution in [1.29, 1.82) is 0 Å². The van der Waals surface area contributed by atoms with Crippen molar-refractivity contribution in [2.24, 2.45) is 7.05 Å². The van der Waals surface area contributed by atoms with E-state index >= 15 is 0 Å². The molecule has 1 heterocycles. The lowest BCUT2D eigenvalue weighted by atomic mass is 10.3. The van der Waals surface area contributed by atoms with E-state index in [1.165, 1.54) is 17.7 Å². The fourth-order valence-electron chi connectivity index (χ4n) is 1.10. The van der Waals surface area contributed by atoms with Gasteiger partial charge < -0.3 is 4.57 Å². The van der Waals surface area contributed by atoms with Crippen LogP contribution in [0.25, 0.3) is 0 Å². The molecule has 1 aromatic heterocycles. The Morgan fingerprint density at radius 3 is 2.36 bits per heavy atom. The molecule has 0 radical (unpaired) electrons. The minimum absolute atomic E-state index is 0.0203. The SMILES string of the molecule is Cc1cc(Cl)c(S(C)(=O)=O)c(=O)n1C. The van der Waals surface area contributed by atoms with Gasteiger partial charge in [0.1, 0.15) is 0 Å². The van der Waals surface area contributed by atoms with Crippen LogP contribution in [0, 0.1) is 6.92 Å². The lowest BCUT2D eigenvalue weighted by molar-refractivity contribution is 0.598. The predicted molar refractivity (Wildman–Crippen MR) is 54.5 cm³/mol. The van der Waals surface area contributed by atoms with E-state index < -0.39 is 15.4 Å². The zero-order chi connectivity index (χ0) is 11.1. The molecule has 0 amide bonds. The molecule has 4 nitrogen and oxygen atoms in total. The minimum Gasteiger partial charge on any atom is -0.315 e. The van der Waals surface area contributed by atoms with Crippen molar-refractivity contribution in [3.8, 4) is 0 Å². The first kappa shape index (κ1) is 11.3. The maximum absolute atomic E-state index is 11.6. The normalized spacial score (nSPS) is 11.7. The van der Waals surface area contributed by atoms with Gasteiger partial charge in [-0.25, -0.2) is 8.42 Å². The van der Waals surface area contributed by atoms with Crippen LogP contribution in [0.3, 0.4) is 0 Å². The molecule has 78 valence electrons. The van der Waals surface area contributed by atoms with E-state index in [9.17, 15) is 13.2 Å². The Bertz CT molecular complexity index is 530. The van der Waals surface area contributed by atoms with Crippen LogP contribution in [0.5, 0.6) is 0 Å². The zero-order valence-corrected chi connectivity index (χ0v) is 9.61. The summed E-state index contributed by atoms with van der Waals surface area (Å²) in [5.74, 6) is 0. The van der Waals surface area contributed by atoms with Crippen molar-refractivity contribution in [1.82, 2.24) is 4.57 Å². The Hall–Kier alpha value is -0.810. The van der Waals surface area contributed by atoms with E-state index in [4.69, 9.17) is 11.6 Å². The van der Waals surface area contributed by atoms with Gasteiger partial charge in [-0.15, -0.1) is 0 Å². The molecule has 0 saturated heterocycles. The van der Waals surface area contributed by atoms with Crippen molar-refractivity contribution in [2.45, 2.75) is 11.8 Å². The van der Waals surface area contributed by atoms with Gasteiger partial charge in [-0.05, 0) is 13.0 Å². The standard InChI is InChI=1S/C8H10ClNO3S/c1-5-4-6(9)7(14(3,12)13)8(11)10(5)2/h4H,1-3H3. The molecule has 0 aliphatic rings. The third-order valence-electron chi connectivity index (χ3n) is 1.95. The molecule has 0 aliphatic carbocycles. The van der Waals surface area contributed by atoms with Gasteiger partial charge >= 0.3 is 0 Å². The van der Waals surface area contributed by atoms with Gasteiger partial charge in [0.05, 0.1) is 5.02 Å². The molecule has 0 fully saturated rings. The van der Waals surface area contributed by atoms with Crippen molar-refractivity contribution < 1.29 is 8.42 Å². The van der Waals surface area contributed by atoms with Crippen molar-refractivity contribution in [3.05, 3.63) is 27.1 Å². The summed E-state index contributed by atoms with van der Waals surface area (Å²) in [5.41, 5.74) is 0.0323. The topological polar surface area (TPSA) is 56.1 Å². The van der Waals surface area contributed by atoms with Gasteiger partial charge in [-0.2, -0.15) is 0 Å². The van der Waals surface area contributed by atoms with Crippen molar-refractivity contribution in [3.63, 3.8) is 0 Å². The Morgan fingerprint density at radius 1 is 1.43 bits per heavy atom. The molecule has 0 aliphatic heterocycles. The molecule has 14 heavy (non-hydrogen) atoms. The number of nitrogens with zero attached hydrogens (tertiary/aromatic N) is 1. The predicted octanol–water partition coefficient (Wildman–Crippen LogP) is 0.751. The summed E-state index contributed by atoms with van der Waals surface area (Å²) in [6.07, 6.45) is 0.963. The highest BCUT2D eigenvalue weighted by Crippen LogP contribution is 2.17. The number of sulfone groups is 1. The van der Waals surface area contributed by atoms with Crippen LogP contribution < -0.4 is 5.56 Å². The Labute approximate surface area is 87.0 Å². The first-order chi connectivity index (χ1) is 6.25. The molecule has 1 aromatic rings. The highest BCUT2D eigenvalue weighted by Gasteiger charge is 2.18. The van der Waals surface area contributed by atoms with Crippen LogP contribution in [-0.2, 0) is 16.9 Å². The Kier molecular flexibility index (Phi) is 2.74. The summed E-state index contributed by atoms with van der Waals surface area (Å²) in [7, 11) is -2.07. The third-order valence-corrected chi connectivity index (χ3v) is 3.50. The zero-order valence-electron chi connectivity index (χ0n) is 8.04. The number of hydrogen-bond donors (Lipinski definition) is 0. The summed E-state index contributed by atoms with van der Waals surface area (Å²) in [6, 6.07) is 1.46. The van der Waals surface area contributed by atoms with E-state index in [1.54, 1.807) is 6.92 Å². The summed E-state index contributed by atoms with van der Waals surface area (Å²) < 4.78 is 23.7. The quantitative estimate of drug-likeness (QED) is 0.722. The monoisotopic (exact) mass is 235 g/mol. The van der Waals surface area contributed by atoms with Crippen LogP contribution in [-0.4, -0.2) is 19.2 Å². The lowest BCUT2D eigenvalue weighted by Crippen LogP contribution is -2.25. The number of aryl methyl sites for hydroxylation is 1. The molecule has 0 saturated carbocycles. The maximum atomic E-state index is 11.6. The molecule has 0 atom stereocenters. The van der Waals surface area contributed by atoms with Crippen LogP contribution in [0.2, 0.25) is 5.02 Å². The van der Waals surface area contributed by atoms with Crippen LogP contribution >= 0.6 is 11.6 Å². The molecule has 0 spiro atoms. The summed E-state index contributed by atoms with van der Waals surface area (Å²) in [6.45, 7) is 1.68. The number of hydrogen-bond acceptors (Lipinski definition) is 3. The van der Waals surface area contributed by atoms with Crippen molar-refractivity contribution in [2.75, 3.05) is 6.26 Å². The highest BCUT2D eigenvalue weighted by molar-refractivity contribution is 7.90. The second-order valence-corrected chi connectivity index (χ2v) is 5.46. The number of aromatic nitrogens is 1. The van der Waals surface area contributed by atoms with E-state index in [1.807, 2.05) is 0 Å².